The van der Waals surface area contributed by atoms with E-state index in [1.54, 1.807) is 0 Å². The summed E-state index contributed by atoms with van der Waals surface area (Å²) >= 11 is 0. The lowest BCUT2D eigenvalue weighted by atomic mass is 9.96. The summed E-state index contributed by atoms with van der Waals surface area (Å²) in [7, 11) is 0. The van der Waals surface area contributed by atoms with Crippen LogP contribution in [-0.2, 0) is 11.3 Å². The van der Waals surface area contributed by atoms with Crippen LogP contribution in [0, 0.1) is 13.8 Å². The second kappa shape index (κ2) is 6.05. The van der Waals surface area contributed by atoms with Crippen LogP contribution in [0.15, 0.2) is 9.52 Å². The van der Waals surface area contributed by atoms with Crippen molar-refractivity contribution in [1.29, 1.82) is 0 Å². The maximum Gasteiger partial charge on any atom is 0.191 e. The first-order valence-electron chi connectivity index (χ1n) is 7.79. The predicted molar refractivity (Wildman–Crippen MR) is 80.2 cm³/mol. The van der Waals surface area contributed by atoms with Crippen LogP contribution in [0.5, 0.6) is 0 Å². The number of fused-ring (bicyclic) bond motifs is 2. The van der Waals surface area contributed by atoms with E-state index >= 15 is 0 Å². The van der Waals surface area contributed by atoms with Gasteiger partial charge in [-0.3, -0.25) is 0 Å². The van der Waals surface area contributed by atoms with Crippen molar-refractivity contribution >= 4 is 5.96 Å². The number of nitrogens with one attached hydrogen (secondary N) is 2. The minimum Gasteiger partial charge on any atom is -0.373 e. The zero-order chi connectivity index (χ0) is 14.8. The third kappa shape index (κ3) is 3.05. The van der Waals surface area contributed by atoms with Gasteiger partial charge in [0, 0.05) is 12.1 Å². The number of nitrogens with zero attached hydrogens (tertiary/aromatic N) is 2. The molecule has 116 valence electrons. The highest BCUT2D eigenvalue weighted by Gasteiger charge is 2.41. The first-order valence-corrected chi connectivity index (χ1v) is 7.79. The van der Waals surface area contributed by atoms with Gasteiger partial charge in [-0.05, 0) is 40.0 Å². The quantitative estimate of drug-likeness (QED) is 0.652. The third-order valence-electron chi connectivity index (χ3n) is 4.35. The molecule has 2 bridgehead atoms. The molecule has 1 aromatic heterocycles. The van der Waals surface area contributed by atoms with Crippen LogP contribution in [0.2, 0.25) is 0 Å². The Hall–Kier alpha value is -1.56. The van der Waals surface area contributed by atoms with Gasteiger partial charge < -0.3 is 19.9 Å². The Morgan fingerprint density at radius 1 is 1.38 bits per heavy atom. The van der Waals surface area contributed by atoms with E-state index in [9.17, 15) is 0 Å². The molecule has 3 heterocycles. The van der Waals surface area contributed by atoms with Crippen molar-refractivity contribution in [2.24, 2.45) is 4.99 Å². The largest absolute Gasteiger partial charge is 0.373 e. The average molecular weight is 292 g/mol. The van der Waals surface area contributed by atoms with Gasteiger partial charge in [-0.2, -0.15) is 0 Å². The summed E-state index contributed by atoms with van der Waals surface area (Å²) in [5, 5.41) is 10.8. The van der Waals surface area contributed by atoms with Gasteiger partial charge in [-0.25, -0.2) is 4.99 Å². The van der Waals surface area contributed by atoms with Gasteiger partial charge in [0.1, 0.15) is 5.76 Å². The van der Waals surface area contributed by atoms with Crippen molar-refractivity contribution in [3.8, 4) is 0 Å². The van der Waals surface area contributed by atoms with Gasteiger partial charge in [-0.1, -0.05) is 5.16 Å². The molecule has 3 atom stereocenters. The van der Waals surface area contributed by atoms with Gasteiger partial charge in [0.25, 0.3) is 0 Å². The molecule has 6 nitrogen and oxygen atoms in total. The molecule has 2 aliphatic rings. The smallest absolute Gasteiger partial charge is 0.191 e. The van der Waals surface area contributed by atoms with Crippen LogP contribution in [0.1, 0.15) is 43.2 Å². The molecule has 0 aliphatic carbocycles. The molecule has 2 saturated heterocycles. The van der Waals surface area contributed by atoms with E-state index in [1.165, 1.54) is 6.42 Å². The number of rotatable bonds is 4. The van der Waals surface area contributed by atoms with E-state index in [1.807, 2.05) is 13.8 Å². The standard InChI is InChI=1S/C15H24N4O2/c1-4-16-15(17-8-12-9(2)19-21-10(12)3)18-13-7-11-5-6-14(13)20-11/h11,13-14H,4-8H2,1-3H3,(H2,16,17,18). The lowest BCUT2D eigenvalue weighted by molar-refractivity contribution is 0.0992. The normalized spacial score (nSPS) is 28.1. The molecule has 0 aromatic carbocycles. The van der Waals surface area contributed by atoms with Gasteiger partial charge in [0.15, 0.2) is 5.96 Å². The Morgan fingerprint density at radius 2 is 2.24 bits per heavy atom. The summed E-state index contributed by atoms with van der Waals surface area (Å²) in [6, 6.07) is 0.381. The Balaban J connectivity index is 1.65. The summed E-state index contributed by atoms with van der Waals surface area (Å²) in [6.45, 7) is 7.37. The van der Waals surface area contributed by atoms with E-state index in [-0.39, 0.29) is 0 Å². The first kappa shape index (κ1) is 14.4. The van der Waals surface area contributed by atoms with E-state index in [2.05, 4.69) is 27.7 Å². The van der Waals surface area contributed by atoms with Gasteiger partial charge in [0.05, 0.1) is 30.5 Å². The molecule has 0 amide bonds. The minimum atomic E-state index is 0.345. The van der Waals surface area contributed by atoms with Crippen LogP contribution in [0.4, 0.5) is 0 Å². The molecule has 6 heteroatoms. The SMILES string of the molecule is CCNC(=NCc1c(C)noc1C)NC1CC2CCC1O2. The van der Waals surface area contributed by atoms with Crippen molar-refractivity contribution in [3.63, 3.8) is 0 Å². The van der Waals surface area contributed by atoms with Crippen LogP contribution < -0.4 is 10.6 Å². The lowest BCUT2D eigenvalue weighted by Gasteiger charge is -2.22. The summed E-state index contributed by atoms with van der Waals surface area (Å²) in [5.74, 6) is 1.69. The molecular formula is C15H24N4O2. The highest BCUT2D eigenvalue weighted by Crippen LogP contribution is 2.34. The fraction of sp³-hybridized carbons (Fsp3) is 0.733. The zero-order valence-corrected chi connectivity index (χ0v) is 13.0. The van der Waals surface area contributed by atoms with Crippen molar-refractivity contribution in [1.82, 2.24) is 15.8 Å². The number of hydrogen-bond donors (Lipinski definition) is 2. The average Bonchev–Trinajstić information content (AvgIpc) is 3.14. The summed E-state index contributed by atoms with van der Waals surface area (Å²) in [5.41, 5.74) is 1.98. The fourth-order valence-electron chi connectivity index (χ4n) is 3.17. The zero-order valence-electron chi connectivity index (χ0n) is 13.0. The summed E-state index contributed by atoms with van der Waals surface area (Å²) in [4.78, 5) is 4.66. The highest BCUT2D eigenvalue weighted by atomic mass is 16.5. The third-order valence-corrected chi connectivity index (χ3v) is 4.35. The van der Waals surface area contributed by atoms with Crippen LogP contribution in [0.3, 0.4) is 0 Å². The monoisotopic (exact) mass is 292 g/mol. The van der Waals surface area contributed by atoms with E-state index in [4.69, 9.17) is 9.26 Å². The summed E-state index contributed by atoms with van der Waals surface area (Å²) in [6.07, 6.45) is 4.23. The first-order chi connectivity index (χ1) is 10.2. The predicted octanol–water partition coefficient (Wildman–Crippen LogP) is 1.67. The minimum absolute atomic E-state index is 0.345. The second-order valence-electron chi connectivity index (χ2n) is 5.86. The number of aliphatic imine (C=N–C) groups is 1. The highest BCUT2D eigenvalue weighted by molar-refractivity contribution is 5.80. The van der Waals surface area contributed by atoms with Crippen molar-refractivity contribution in [2.75, 3.05) is 6.54 Å². The van der Waals surface area contributed by atoms with E-state index < -0.39 is 0 Å². The molecule has 3 rings (SSSR count). The van der Waals surface area contributed by atoms with E-state index in [0.717, 1.165) is 42.4 Å². The Kier molecular flexibility index (Phi) is 4.14. The molecule has 2 fully saturated rings. The summed E-state index contributed by atoms with van der Waals surface area (Å²) < 4.78 is 11.1. The number of guanidine groups is 1. The Labute approximate surface area is 125 Å². The van der Waals surface area contributed by atoms with Crippen LogP contribution in [0.25, 0.3) is 0 Å². The van der Waals surface area contributed by atoms with Crippen molar-refractivity contribution in [3.05, 3.63) is 17.0 Å². The molecule has 2 aliphatic heterocycles. The number of aromatic nitrogens is 1. The van der Waals surface area contributed by atoms with Crippen molar-refractivity contribution in [2.45, 2.75) is 64.8 Å². The van der Waals surface area contributed by atoms with Gasteiger partial charge in [0.2, 0.25) is 0 Å². The molecule has 2 N–H and O–H groups in total. The number of hydrogen-bond acceptors (Lipinski definition) is 4. The van der Waals surface area contributed by atoms with Crippen molar-refractivity contribution < 1.29 is 9.26 Å². The Morgan fingerprint density at radius 3 is 2.81 bits per heavy atom. The Bertz CT molecular complexity index is 506. The molecule has 1 aromatic rings. The maximum atomic E-state index is 5.88. The molecule has 0 spiro atoms. The maximum absolute atomic E-state index is 5.88. The number of aryl methyl sites for hydroxylation is 2. The second-order valence-corrected chi connectivity index (χ2v) is 5.86. The van der Waals surface area contributed by atoms with Gasteiger partial charge >= 0.3 is 0 Å². The van der Waals surface area contributed by atoms with Gasteiger partial charge in [-0.15, -0.1) is 0 Å². The van der Waals surface area contributed by atoms with Crippen LogP contribution >= 0.6 is 0 Å². The van der Waals surface area contributed by atoms with Crippen LogP contribution in [-0.4, -0.2) is 35.9 Å². The topological polar surface area (TPSA) is 71.7 Å². The lowest BCUT2D eigenvalue weighted by Crippen LogP contribution is -2.47. The fourth-order valence-corrected chi connectivity index (χ4v) is 3.17. The molecular weight excluding hydrogens is 268 g/mol. The number of ether oxygens (including phenoxy) is 1. The molecule has 21 heavy (non-hydrogen) atoms. The van der Waals surface area contributed by atoms with E-state index in [0.29, 0.717) is 24.8 Å². The molecule has 0 radical (unpaired) electrons. The molecule has 0 saturated carbocycles. The molecule has 3 unspecified atom stereocenters.